The predicted molar refractivity (Wildman–Crippen MR) is 73.2 cm³/mol. The number of carbonyl (C=O) groups excluding carboxylic acids is 1. The molecule has 4 heteroatoms. The van der Waals surface area contributed by atoms with Gasteiger partial charge in [-0.05, 0) is 29.6 Å². The Kier molecular flexibility index (Phi) is 2.72. The Morgan fingerprint density at radius 1 is 1.39 bits per heavy atom. The van der Waals surface area contributed by atoms with Crippen molar-refractivity contribution in [3.05, 3.63) is 52.0 Å². The van der Waals surface area contributed by atoms with Crippen molar-refractivity contribution in [1.82, 2.24) is 9.97 Å². The average Bonchev–Trinajstić information content (AvgIpc) is 3.05. The van der Waals surface area contributed by atoms with Crippen LogP contribution in [0.3, 0.4) is 0 Å². The molecule has 1 aromatic carbocycles. The second-order valence-electron chi connectivity index (χ2n) is 4.08. The van der Waals surface area contributed by atoms with Crippen LogP contribution in [0.25, 0.3) is 11.0 Å². The normalized spacial score (nSPS) is 10.9. The van der Waals surface area contributed by atoms with E-state index < -0.39 is 0 Å². The summed E-state index contributed by atoms with van der Waals surface area (Å²) in [5.74, 6) is 1.02. The predicted octanol–water partition coefficient (Wildman–Crippen LogP) is 3.42. The summed E-state index contributed by atoms with van der Waals surface area (Å²) >= 11 is 1.47. The fourth-order valence-corrected chi connectivity index (χ4v) is 2.61. The smallest absolute Gasteiger partial charge is 0.203 e. The number of ketones is 1. The molecule has 2 heterocycles. The van der Waals surface area contributed by atoms with E-state index in [4.69, 9.17) is 0 Å². The Labute approximate surface area is 108 Å². The molecular weight excluding hydrogens is 244 g/mol. The zero-order valence-corrected chi connectivity index (χ0v) is 10.8. The molecule has 2 aromatic heterocycles. The van der Waals surface area contributed by atoms with Crippen molar-refractivity contribution in [1.29, 1.82) is 0 Å². The van der Waals surface area contributed by atoms with E-state index in [9.17, 15) is 4.79 Å². The molecule has 0 saturated carbocycles. The largest absolute Gasteiger partial charge is 0.342 e. The number of aromatic nitrogens is 2. The third-order valence-electron chi connectivity index (χ3n) is 2.87. The first-order valence-electron chi connectivity index (χ1n) is 5.85. The minimum atomic E-state index is 0.0690. The fraction of sp³-hybridized carbons (Fsp3) is 0.143. The number of rotatable bonds is 3. The summed E-state index contributed by atoms with van der Waals surface area (Å²) in [5.41, 5.74) is 2.54. The lowest BCUT2D eigenvalue weighted by Crippen LogP contribution is -1.97. The maximum absolute atomic E-state index is 12.2. The third kappa shape index (κ3) is 1.84. The molecule has 0 aliphatic carbocycles. The minimum absolute atomic E-state index is 0.0690. The topological polar surface area (TPSA) is 45.8 Å². The van der Waals surface area contributed by atoms with Crippen molar-refractivity contribution in [2.45, 2.75) is 13.3 Å². The van der Waals surface area contributed by atoms with Crippen molar-refractivity contribution in [2.24, 2.45) is 0 Å². The molecule has 0 atom stereocenters. The van der Waals surface area contributed by atoms with Crippen LogP contribution in [-0.2, 0) is 6.42 Å². The Morgan fingerprint density at radius 3 is 3.00 bits per heavy atom. The van der Waals surface area contributed by atoms with Crippen LogP contribution in [0.5, 0.6) is 0 Å². The highest BCUT2D eigenvalue weighted by atomic mass is 32.1. The number of aromatic amines is 1. The Balaban J connectivity index is 2.05. The van der Waals surface area contributed by atoms with E-state index in [0.29, 0.717) is 5.56 Å². The number of hydrogen-bond donors (Lipinski definition) is 1. The molecule has 3 nitrogen and oxygen atoms in total. The van der Waals surface area contributed by atoms with Gasteiger partial charge in [0.25, 0.3) is 0 Å². The van der Waals surface area contributed by atoms with Gasteiger partial charge in [-0.3, -0.25) is 4.79 Å². The van der Waals surface area contributed by atoms with Crippen molar-refractivity contribution >= 4 is 28.2 Å². The molecule has 18 heavy (non-hydrogen) atoms. The Hall–Kier alpha value is -1.94. The molecule has 1 N–H and O–H groups in total. The van der Waals surface area contributed by atoms with Gasteiger partial charge in [0.15, 0.2) is 0 Å². The molecule has 0 aliphatic heterocycles. The van der Waals surface area contributed by atoms with Crippen LogP contribution in [-0.4, -0.2) is 15.8 Å². The summed E-state index contributed by atoms with van der Waals surface area (Å²) in [5, 5.41) is 1.91. The van der Waals surface area contributed by atoms with Crippen LogP contribution in [0.15, 0.2) is 35.7 Å². The van der Waals surface area contributed by atoms with Gasteiger partial charge in [0.1, 0.15) is 5.82 Å². The third-order valence-corrected chi connectivity index (χ3v) is 3.74. The summed E-state index contributed by atoms with van der Waals surface area (Å²) in [6.45, 7) is 2.05. The van der Waals surface area contributed by atoms with Gasteiger partial charge in [-0.25, -0.2) is 4.98 Å². The van der Waals surface area contributed by atoms with Crippen LogP contribution in [0.4, 0.5) is 0 Å². The fourth-order valence-electron chi connectivity index (χ4n) is 1.92. The number of benzene rings is 1. The molecule has 0 aliphatic rings. The van der Waals surface area contributed by atoms with E-state index in [0.717, 1.165) is 28.2 Å². The molecule has 0 fully saturated rings. The first kappa shape index (κ1) is 11.2. The first-order valence-corrected chi connectivity index (χ1v) is 6.72. The van der Waals surface area contributed by atoms with E-state index in [1.54, 1.807) is 0 Å². The van der Waals surface area contributed by atoms with E-state index in [1.165, 1.54) is 11.3 Å². The van der Waals surface area contributed by atoms with Crippen LogP contribution in [0, 0.1) is 0 Å². The van der Waals surface area contributed by atoms with Gasteiger partial charge >= 0.3 is 0 Å². The number of fused-ring (bicyclic) bond motifs is 1. The van der Waals surface area contributed by atoms with E-state index in [2.05, 4.69) is 16.9 Å². The highest BCUT2D eigenvalue weighted by Crippen LogP contribution is 2.19. The van der Waals surface area contributed by atoms with Crippen molar-refractivity contribution in [3.63, 3.8) is 0 Å². The number of aryl methyl sites for hydroxylation is 1. The number of thiophene rings is 1. The van der Waals surface area contributed by atoms with Crippen molar-refractivity contribution in [3.8, 4) is 0 Å². The molecule has 0 spiro atoms. The number of hydrogen-bond acceptors (Lipinski definition) is 3. The van der Waals surface area contributed by atoms with Gasteiger partial charge in [-0.2, -0.15) is 0 Å². The monoisotopic (exact) mass is 256 g/mol. The zero-order chi connectivity index (χ0) is 12.5. The van der Waals surface area contributed by atoms with Gasteiger partial charge in [0.05, 0.1) is 15.9 Å². The molecule has 0 bridgehead atoms. The van der Waals surface area contributed by atoms with Crippen LogP contribution >= 0.6 is 11.3 Å². The molecule has 0 amide bonds. The highest BCUT2D eigenvalue weighted by Gasteiger charge is 2.11. The summed E-state index contributed by atoms with van der Waals surface area (Å²) in [4.78, 5) is 20.6. The summed E-state index contributed by atoms with van der Waals surface area (Å²) in [6.07, 6.45) is 0.864. The van der Waals surface area contributed by atoms with Gasteiger partial charge in [0, 0.05) is 12.0 Å². The zero-order valence-electron chi connectivity index (χ0n) is 9.93. The van der Waals surface area contributed by atoms with Gasteiger partial charge in [0.2, 0.25) is 5.78 Å². The number of carbonyl (C=O) groups is 1. The number of nitrogens with zero attached hydrogens (tertiary/aromatic N) is 1. The first-order chi connectivity index (χ1) is 8.78. The molecule has 0 saturated heterocycles. The van der Waals surface area contributed by atoms with Gasteiger partial charge in [-0.1, -0.05) is 13.0 Å². The number of imidazole rings is 1. The summed E-state index contributed by atoms with van der Waals surface area (Å²) in [7, 11) is 0. The molecule has 3 aromatic rings. The Bertz CT molecular complexity index is 698. The van der Waals surface area contributed by atoms with Crippen LogP contribution in [0.1, 0.15) is 28.0 Å². The number of nitrogens with one attached hydrogen (secondary N) is 1. The lowest BCUT2D eigenvalue weighted by atomic mass is 10.1. The van der Waals surface area contributed by atoms with Crippen LogP contribution in [0.2, 0.25) is 0 Å². The maximum atomic E-state index is 12.2. The molecule has 0 unspecified atom stereocenters. The quantitative estimate of drug-likeness (QED) is 0.730. The molecule has 3 rings (SSSR count). The van der Waals surface area contributed by atoms with Crippen molar-refractivity contribution < 1.29 is 4.79 Å². The minimum Gasteiger partial charge on any atom is -0.342 e. The molecular formula is C14H12N2OS. The molecule has 0 radical (unpaired) electrons. The maximum Gasteiger partial charge on any atom is 0.203 e. The standard InChI is InChI=1S/C14H12N2OS/c1-2-13-15-10-6-5-9(8-11(10)16-13)14(17)12-4-3-7-18-12/h3-8H,2H2,1H3,(H,15,16). The highest BCUT2D eigenvalue weighted by molar-refractivity contribution is 7.12. The van der Waals surface area contributed by atoms with Gasteiger partial charge in [-0.15, -0.1) is 11.3 Å². The second-order valence-corrected chi connectivity index (χ2v) is 5.02. The van der Waals surface area contributed by atoms with E-state index in [-0.39, 0.29) is 5.78 Å². The molecule has 90 valence electrons. The van der Waals surface area contributed by atoms with Gasteiger partial charge < -0.3 is 4.98 Å². The Morgan fingerprint density at radius 2 is 2.28 bits per heavy atom. The van der Waals surface area contributed by atoms with Crippen molar-refractivity contribution in [2.75, 3.05) is 0 Å². The van der Waals surface area contributed by atoms with Crippen LogP contribution < -0.4 is 0 Å². The van der Waals surface area contributed by atoms with E-state index >= 15 is 0 Å². The lowest BCUT2D eigenvalue weighted by molar-refractivity contribution is 0.104. The van der Waals surface area contributed by atoms with E-state index in [1.807, 2.05) is 35.7 Å². The second kappa shape index (κ2) is 4.38. The summed E-state index contributed by atoms with van der Waals surface area (Å²) in [6, 6.07) is 9.35. The SMILES string of the molecule is CCc1nc2ccc(C(=O)c3cccs3)cc2[nH]1. The summed E-state index contributed by atoms with van der Waals surface area (Å²) < 4.78 is 0. The lowest BCUT2D eigenvalue weighted by Gasteiger charge is -1.97. The average molecular weight is 256 g/mol. The number of H-pyrrole nitrogens is 1.